The van der Waals surface area contributed by atoms with Crippen LogP contribution < -0.4 is 5.32 Å². The number of rotatable bonds is 13. The maximum absolute atomic E-state index is 14.3. The summed E-state index contributed by atoms with van der Waals surface area (Å²) < 4.78 is 0. The first-order valence-electron chi connectivity index (χ1n) is 19.4. The molecule has 5 saturated carbocycles. The molecule has 5 fully saturated rings. The SMILES string of the molecule is C=C(C)[C@@H]1CC[C@]2(C(=O)NCCCCCCCCCCC(=O)O)CC[C@]3(C)[C@H](CC[C@@H]4[C@@]5(C)CCCC(C)(C)[C@@H]5CC[C@]43C)[C@@H]12. The average molecular weight is 624 g/mol. The molecule has 0 aromatic rings. The molecule has 45 heavy (non-hydrogen) atoms. The minimum Gasteiger partial charge on any atom is -0.481 e. The normalized spacial score (nSPS) is 41.7. The van der Waals surface area contributed by atoms with E-state index in [2.05, 4.69) is 53.4 Å². The molecule has 0 aromatic heterocycles. The average Bonchev–Trinajstić information content (AvgIpc) is 3.37. The predicted octanol–water partition coefficient (Wildman–Crippen LogP) is 10.7. The second-order valence-corrected chi connectivity index (χ2v) is 18.4. The van der Waals surface area contributed by atoms with Crippen molar-refractivity contribution in [2.24, 2.45) is 56.7 Å². The number of fused-ring (bicyclic) bond motifs is 7. The van der Waals surface area contributed by atoms with Crippen molar-refractivity contribution in [3.8, 4) is 0 Å². The van der Waals surface area contributed by atoms with Gasteiger partial charge in [-0.05, 0) is 135 Å². The highest BCUT2D eigenvalue weighted by atomic mass is 16.4. The first kappa shape index (κ1) is 35.0. The minimum atomic E-state index is -0.681. The van der Waals surface area contributed by atoms with Crippen molar-refractivity contribution in [1.82, 2.24) is 5.32 Å². The quantitative estimate of drug-likeness (QED) is 0.158. The molecule has 1 amide bonds. The van der Waals surface area contributed by atoms with Crippen LogP contribution >= 0.6 is 0 Å². The Balaban J connectivity index is 1.23. The van der Waals surface area contributed by atoms with Gasteiger partial charge in [0.25, 0.3) is 0 Å². The molecule has 0 aliphatic heterocycles. The van der Waals surface area contributed by atoms with E-state index in [4.69, 9.17) is 5.11 Å². The zero-order valence-electron chi connectivity index (χ0n) is 30.2. The number of aliphatic carboxylic acids is 1. The third kappa shape index (κ3) is 6.09. The summed E-state index contributed by atoms with van der Waals surface area (Å²) in [5, 5.41) is 12.3. The van der Waals surface area contributed by atoms with Gasteiger partial charge < -0.3 is 10.4 Å². The van der Waals surface area contributed by atoms with Crippen LogP contribution in [-0.4, -0.2) is 23.5 Å². The number of unbranched alkanes of at least 4 members (excludes halogenated alkanes) is 7. The summed E-state index contributed by atoms with van der Waals surface area (Å²) in [6.45, 7) is 20.9. The number of hydrogen-bond acceptors (Lipinski definition) is 2. The van der Waals surface area contributed by atoms with Gasteiger partial charge in [-0.1, -0.05) is 91.7 Å². The second kappa shape index (κ2) is 13.3. The third-order valence-electron chi connectivity index (χ3n) is 15.9. The Bertz CT molecular complexity index is 1100. The van der Waals surface area contributed by atoms with Crippen LogP contribution in [0.25, 0.3) is 0 Å². The number of hydrogen-bond donors (Lipinski definition) is 2. The van der Waals surface area contributed by atoms with Crippen LogP contribution in [-0.2, 0) is 9.59 Å². The van der Waals surface area contributed by atoms with Crippen molar-refractivity contribution < 1.29 is 14.7 Å². The Morgan fingerprint density at radius 1 is 0.733 bits per heavy atom. The summed E-state index contributed by atoms with van der Waals surface area (Å²) in [6.07, 6.45) is 23.2. The number of carbonyl (C=O) groups is 2. The Morgan fingerprint density at radius 3 is 2.07 bits per heavy atom. The van der Waals surface area contributed by atoms with E-state index in [0.717, 1.165) is 69.7 Å². The molecule has 2 N–H and O–H groups in total. The van der Waals surface area contributed by atoms with E-state index in [1.54, 1.807) is 0 Å². The molecule has 4 heteroatoms. The molecule has 0 radical (unpaired) electrons. The lowest BCUT2D eigenvalue weighted by Gasteiger charge is -2.72. The molecule has 5 rings (SSSR count). The maximum atomic E-state index is 14.3. The maximum Gasteiger partial charge on any atom is 0.303 e. The molecule has 0 heterocycles. The predicted molar refractivity (Wildman–Crippen MR) is 186 cm³/mol. The molecule has 256 valence electrons. The van der Waals surface area contributed by atoms with Crippen molar-refractivity contribution in [2.75, 3.05) is 6.54 Å². The van der Waals surface area contributed by atoms with Gasteiger partial charge in [-0.25, -0.2) is 0 Å². The van der Waals surface area contributed by atoms with Crippen LogP contribution in [0.15, 0.2) is 12.2 Å². The van der Waals surface area contributed by atoms with Crippen molar-refractivity contribution in [3.63, 3.8) is 0 Å². The summed E-state index contributed by atoms with van der Waals surface area (Å²) >= 11 is 0. The molecular formula is C41H69NO3. The van der Waals surface area contributed by atoms with Gasteiger partial charge in [0, 0.05) is 13.0 Å². The molecule has 4 nitrogen and oxygen atoms in total. The molecule has 0 saturated heterocycles. The minimum absolute atomic E-state index is 0.207. The summed E-state index contributed by atoms with van der Waals surface area (Å²) in [4.78, 5) is 25.0. The summed E-state index contributed by atoms with van der Waals surface area (Å²) in [5.41, 5.74) is 2.69. The first-order valence-corrected chi connectivity index (χ1v) is 19.4. The summed E-state index contributed by atoms with van der Waals surface area (Å²) in [5.74, 6) is 2.89. The largest absolute Gasteiger partial charge is 0.481 e. The highest BCUT2D eigenvalue weighted by Crippen LogP contribution is 2.77. The molecule has 5 aliphatic carbocycles. The molecule has 0 aromatic carbocycles. The van der Waals surface area contributed by atoms with E-state index in [9.17, 15) is 9.59 Å². The number of amides is 1. The zero-order chi connectivity index (χ0) is 32.7. The van der Waals surface area contributed by atoms with Crippen LogP contribution in [0.4, 0.5) is 0 Å². The van der Waals surface area contributed by atoms with E-state index in [1.165, 1.54) is 76.2 Å². The number of carboxylic acids is 1. The Hall–Kier alpha value is -1.32. The van der Waals surface area contributed by atoms with Gasteiger partial charge in [-0.15, -0.1) is 0 Å². The molecule has 9 atom stereocenters. The topological polar surface area (TPSA) is 66.4 Å². The lowest BCUT2D eigenvalue weighted by molar-refractivity contribution is -0.235. The Labute approximate surface area is 276 Å². The van der Waals surface area contributed by atoms with E-state index in [-0.39, 0.29) is 5.41 Å². The van der Waals surface area contributed by atoms with Crippen LogP contribution in [0.3, 0.4) is 0 Å². The number of carboxylic acid groups (broad SMARTS) is 1. The second-order valence-electron chi connectivity index (χ2n) is 18.4. The fourth-order valence-corrected chi connectivity index (χ4v) is 13.5. The zero-order valence-corrected chi connectivity index (χ0v) is 30.2. The molecule has 5 aliphatic rings. The van der Waals surface area contributed by atoms with E-state index in [1.807, 2.05) is 0 Å². The highest BCUT2D eigenvalue weighted by molar-refractivity contribution is 5.83. The number of carbonyl (C=O) groups excluding carboxylic acids is 1. The van der Waals surface area contributed by atoms with Gasteiger partial charge in [0.2, 0.25) is 5.91 Å². The van der Waals surface area contributed by atoms with E-state index < -0.39 is 5.97 Å². The smallest absolute Gasteiger partial charge is 0.303 e. The summed E-state index contributed by atoms with van der Waals surface area (Å²) in [6, 6.07) is 0. The number of nitrogens with one attached hydrogen (secondary N) is 1. The van der Waals surface area contributed by atoms with Crippen LogP contribution in [0, 0.1) is 56.7 Å². The lowest BCUT2D eigenvalue weighted by Crippen LogP contribution is -2.66. The van der Waals surface area contributed by atoms with Crippen molar-refractivity contribution >= 4 is 11.9 Å². The van der Waals surface area contributed by atoms with Gasteiger partial charge in [0.1, 0.15) is 0 Å². The fraction of sp³-hybridized carbons (Fsp3) is 0.902. The standard InChI is InChI=1S/C41H69NO3/c1-29(2)30-20-25-41(36(45)42-28-15-13-11-9-8-10-12-14-17-34(43)44)27-26-39(6)31(35(30)41)18-19-33-38(5)23-16-22-37(3,4)32(38)21-24-40(33,39)7/h30-33,35H,1,8-28H2,2-7H3,(H,42,45)(H,43,44)/t30-,31+,32-,33+,35+,38-,39+,40+,41-/m0/s1. The Kier molecular flexibility index (Phi) is 10.3. The molecule has 0 bridgehead atoms. The van der Waals surface area contributed by atoms with E-state index in [0.29, 0.717) is 51.7 Å². The van der Waals surface area contributed by atoms with Crippen LogP contribution in [0.2, 0.25) is 0 Å². The van der Waals surface area contributed by atoms with Crippen molar-refractivity contribution in [2.45, 2.75) is 170 Å². The van der Waals surface area contributed by atoms with Gasteiger partial charge in [-0.2, -0.15) is 0 Å². The fourth-order valence-electron chi connectivity index (χ4n) is 13.5. The molecule has 0 unspecified atom stereocenters. The van der Waals surface area contributed by atoms with Gasteiger partial charge >= 0.3 is 5.97 Å². The van der Waals surface area contributed by atoms with Gasteiger partial charge in [0.15, 0.2) is 0 Å². The van der Waals surface area contributed by atoms with Crippen molar-refractivity contribution in [3.05, 3.63) is 12.2 Å². The number of allylic oxidation sites excluding steroid dienone is 1. The molecular weight excluding hydrogens is 554 g/mol. The van der Waals surface area contributed by atoms with Crippen LogP contribution in [0.1, 0.15) is 170 Å². The van der Waals surface area contributed by atoms with Crippen molar-refractivity contribution in [1.29, 1.82) is 0 Å². The van der Waals surface area contributed by atoms with Gasteiger partial charge in [0.05, 0.1) is 5.41 Å². The lowest BCUT2D eigenvalue weighted by atomic mass is 9.32. The third-order valence-corrected chi connectivity index (χ3v) is 15.9. The monoisotopic (exact) mass is 624 g/mol. The first-order chi connectivity index (χ1) is 21.2. The molecule has 0 spiro atoms. The van der Waals surface area contributed by atoms with Crippen LogP contribution in [0.5, 0.6) is 0 Å². The van der Waals surface area contributed by atoms with E-state index >= 15 is 0 Å². The summed E-state index contributed by atoms with van der Waals surface area (Å²) in [7, 11) is 0. The highest BCUT2D eigenvalue weighted by Gasteiger charge is 2.71. The van der Waals surface area contributed by atoms with Gasteiger partial charge in [-0.3, -0.25) is 9.59 Å². The Morgan fingerprint density at radius 2 is 1.40 bits per heavy atom.